The summed E-state index contributed by atoms with van der Waals surface area (Å²) >= 11 is 0. The summed E-state index contributed by atoms with van der Waals surface area (Å²) in [5.74, 6) is -0.0229. The lowest BCUT2D eigenvalue weighted by Gasteiger charge is -2.04. The molecule has 0 aliphatic carbocycles. The molecule has 2 aromatic carbocycles. The number of ketones is 1. The maximum Gasteiger partial charge on any atom is 0.165 e. The van der Waals surface area contributed by atoms with Crippen molar-refractivity contribution < 1.29 is 9.90 Å². The van der Waals surface area contributed by atoms with Crippen molar-refractivity contribution in [3.05, 3.63) is 60.2 Å². The van der Waals surface area contributed by atoms with Gasteiger partial charge in [0.15, 0.2) is 5.78 Å². The zero-order valence-electron chi connectivity index (χ0n) is 9.47. The quantitative estimate of drug-likeness (QED) is 0.814. The number of aliphatic hydroxyl groups excluding tert-OH is 1. The number of hydrogen-bond acceptors (Lipinski definition) is 2. The second-order valence-electron chi connectivity index (χ2n) is 3.84. The van der Waals surface area contributed by atoms with Gasteiger partial charge in [0.1, 0.15) is 0 Å². The summed E-state index contributed by atoms with van der Waals surface area (Å²) in [5.41, 5.74) is 2.76. The summed E-state index contributed by atoms with van der Waals surface area (Å²) < 4.78 is 0. The highest BCUT2D eigenvalue weighted by atomic mass is 16.3. The molecule has 0 atom stereocenters. The fraction of sp³-hybridized carbons (Fsp3) is 0.133. The molecule has 0 aromatic heterocycles. The van der Waals surface area contributed by atoms with Gasteiger partial charge in [-0.05, 0) is 17.2 Å². The van der Waals surface area contributed by atoms with Crippen molar-refractivity contribution in [3.8, 4) is 11.1 Å². The summed E-state index contributed by atoms with van der Waals surface area (Å²) in [5, 5.41) is 8.76. The van der Waals surface area contributed by atoms with Crippen LogP contribution in [0.15, 0.2) is 54.6 Å². The predicted molar refractivity (Wildman–Crippen MR) is 67.9 cm³/mol. The van der Waals surface area contributed by atoms with E-state index in [2.05, 4.69) is 0 Å². The first-order valence-corrected chi connectivity index (χ1v) is 5.61. The standard InChI is InChI=1S/C15H14O2/c16-10-9-15(17)14-8-4-7-13(11-14)12-5-2-1-3-6-12/h1-8,11,16H,9-10H2. The second-order valence-corrected chi connectivity index (χ2v) is 3.84. The molecule has 0 heterocycles. The molecule has 17 heavy (non-hydrogen) atoms. The molecular weight excluding hydrogens is 212 g/mol. The second kappa shape index (κ2) is 5.41. The molecule has 0 fully saturated rings. The van der Waals surface area contributed by atoms with Crippen LogP contribution in [-0.2, 0) is 0 Å². The highest BCUT2D eigenvalue weighted by Crippen LogP contribution is 2.20. The SMILES string of the molecule is O=C(CCO)c1cccc(-c2ccccc2)c1. The Hall–Kier alpha value is -1.93. The maximum atomic E-state index is 11.7. The minimum Gasteiger partial charge on any atom is -0.396 e. The highest BCUT2D eigenvalue weighted by molar-refractivity contribution is 5.97. The van der Waals surface area contributed by atoms with Gasteiger partial charge in [-0.15, -0.1) is 0 Å². The lowest BCUT2D eigenvalue weighted by atomic mass is 10.0. The van der Waals surface area contributed by atoms with Crippen LogP contribution in [0.5, 0.6) is 0 Å². The van der Waals surface area contributed by atoms with Crippen molar-refractivity contribution in [2.45, 2.75) is 6.42 Å². The summed E-state index contributed by atoms with van der Waals surface area (Å²) in [7, 11) is 0. The van der Waals surface area contributed by atoms with Gasteiger partial charge in [-0.25, -0.2) is 0 Å². The Kier molecular flexibility index (Phi) is 3.68. The molecule has 86 valence electrons. The molecule has 2 rings (SSSR count). The fourth-order valence-corrected chi connectivity index (χ4v) is 1.75. The molecule has 2 heteroatoms. The minimum atomic E-state index is -0.103. The molecule has 0 spiro atoms. The van der Waals surface area contributed by atoms with Crippen molar-refractivity contribution in [3.63, 3.8) is 0 Å². The van der Waals surface area contributed by atoms with E-state index in [-0.39, 0.29) is 18.8 Å². The van der Waals surface area contributed by atoms with Crippen molar-refractivity contribution in [2.24, 2.45) is 0 Å². The smallest absolute Gasteiger partial charge is 0.165 e. The van der Waals surface area contributed by atoms with Crippen LogP contribution in [0.1, 0.15) is 16.8 Å². The van der Waals surface area contributed by atoms with Crippen LogP contribution in [0.25, 0.3) is 11.1 Å². The Balaban J connectivity index is 2.32. The first kappa shape index (κ1) is 11.6. The van der Waals surface area contributed by atoms with Gasteiger partial charge in [0.05, 0.1) is 6.61 Å². The average molecular weight is 226 g/mol. The molecule has 0 saturated heterocycles. The maximum absolute atomic E-state index is 11.7. The first-order valence-electron chi connectivity index (χ1n) is 5.61. The molecule has 0 amide bonds. The van der Waals surface area contributed by atoms with Gasteiger partial charge >= 0.3 is 0 Å². The Morgan fingerprint density at radius 3 is 2.35 bits per heavy atom. The molecule has 0 aliphatic heterocycles. The average Bonchev–Trinajstić information content (AvgIpc) is 2.40. The third-order valence-corrected chi connectivity index (χ3v) is 2.63. The number of carbonyl (C=O) groups is 1. The summed E-state index contributed by atoms with van der Waals surface area (Å²) in [6.07, 6.45) is 0.179. The Bertz CT molecular complexity index is 503. The number of Topliss-reactive ketones (excluding diaryl/α,β-unsaturated/α-hetero) is 1. The zero-order chi connectivity index (χ0) is 12.1. The molecule has 2 aromatic rings. The normalized spacial score (nSPS) is 10.2. The Morgan fingerprint density at radius 2 is 1.65 bits per heavy atom. The van der Waals surface area contributed by atoms with Crippen LogP contribution in [-0.4, -0.2) is 17.5 Å². The molecule has 0 saturated carbocycles. The van der Waals surface area contributed by atoms with E-state index in [1.165, 1.54) is 0 Å². The van der Waals surface area contributed by atoms with E-state index < -0.39 is 0 Å². The Labute approximate surface area is 101 Å². The van der Waals surface area contributed by atoms with Crippen LogP contribution in [0.3, 0.4) is 0 Å². The fourth-order valence-electron chi connectivity index (χ4n) is 1.75. The third-order valence-electron chi connectivity index (χ3n) is 2.63. The third kappa shape index (κ3) is 2.80. The number of carbonyl (C=O) groups excluding carboxylic acids is 1. The minimum absolute atomic E-state index is 0.0229. The van der Waals surface area contributed by atoms with E-state index >= 15 is 0 Å². The van der Waals surface area contributed by atoms with Crippen molar-refractivity contribution in [1.29, 1.82) is 0 Å². The molecule has 0 bridgehead atoms. The highest BCUT2D eigenvalue weighted by Gasteiger charge is 2.06. The molecule has 0 radical (unpaired) electrons. The topological polar surface area (TPSA) is 37.3 Å². The molecule has 1 N–H and O–H groups in total. The lowest BCUT2D eigenvalue weighted by molar-refractivity contribution is 0.0956. The van der Waals surface area contributed by atoms with Crippen LogP contribution < -0.4 is 0 Å². The first-order chi connectivity index (χ1) is 8.31. The zero-order valence-corrected chi connectivity index (χ0v) is 9.47. The lowest BCUT2D eigenvalue weighted by Crippen LogP contribution is -2.01. The van der Waals surface area contributed by atoms with Crippen molar-refractivity contribution >= 4 is 5.78 Å². The van der Waals surface area contributed by atoms with E-state index in [1.54, 1.807) is 6.07 Å². The van der Waals surface area contributed by atoms with Crippen molar-refractivity contribution in [2.75, 3.05) is 6.61 Å². The van der Waals surface area contributed by atoms with E-state index in [0.717, 1.165) is 11.1 Å². The van der Waals surface area contributed by atoms with E-state index in [0.29, 0.717) is 5.56 Å². The van der Waals surface area contributed by atoms with Gasteiger partial charge in [-0.3, -0.25) is 4.79 Å². The van der Waals surface area contributed by atoms with E-state index in [4.69, 9.17) is 5.11 Å². The van der Waals surface area contributed by atoms with Gasteiger partial charge in [0.2, 0.25) is 0 Å². The van der Waals surface area contributed by atoms with Gasteiger partial charge < -0.3 is 5.11 Å². The van der Waals surface area contributed by atoms with Gasteiger partial charge in [-0.2, -0.15) is 0 Å². The number of rotatable bonds is 4. The number of benzene rings is 2. The largest absolute Gasteiger partial charge is 0.396 e. The van der Waals surface area contributed by atoms with Crippen LogP contribution in [0.4, 0.5) is 0 Å². The Morgan fingerprint density at radius 1 is 0.941 bits per heavy atom. The summed E-state index contributed by atoms with van der Waals surface area (Å²) in [6.45, 7) is -0.103. The number of hydrogen-bond donors (Lipinski definition) is 1. The van der Waals surface area contributed by atoms with Gasteiger partial charge in [0, 0.05) is 12.0 Å². The summed E-state index contributed by atoms with van der Waals surface area (Å²) in [6, 6.07) is 17.4. The molecular formula is C15H14O2. The van der Waals surface area contributed by atoms with Gasteiger partial charge in [0.25, 0.3) is 0 Å². The molecule has 0 aliphatic rings. The number of aliphatic hydroxyl groups is 1. The van der Waals surface area contributed by atoms with Crippen LogP contribution in [0.2, 0.25) is 0 Å². The predicted octanol–water partition coefficient (Wildman–Crippen LogP) is 2.92. The summed E-state index contributed by atoms with van der Waals surface area (Å²) in [4.78, 5) is 11.7. The molecule has 2 nitrogen and oxygen atoms in total. The van der Waals surface area contributed by atoms with Crippen LogP contribution >= 0.6 is 0 Å². The van der Waals surface area contributed by atoms with Gasteiger partial charge in [-0.1, -0.05) is 48.5 Å². The van der Waals surface area contributed by atoms with Crippen LogP contribution in [0, 0.1) is 0 Å². The molecule has 0 unspecified atom stereocenters. The van der Waals surface area contributed by atoms with E-state index in [9.17, 15) is 4.79 Å². The van der Waals surface area contributed by atoms with E-state index in [1.807, 2.05) is 48.5 Å². The monoisotopic (exact) mass is 226 g/mol. The van der Waals surface area contributed by atoms with Crippen molar-refractivity contribution in [1.82, 2.24) is 0 Å².